The summed E-state index contributed by atoms with van der Waals surface area (Å²) in [7, 11) is 1.62. The molecule has 1 heterocycles. The summed E-state index contributed by atoms with van der Waals surface area (Å²) >= 11 is 0. The summed E-state index contributed by atoms with van der Waals surface area (Å²) in [6.07, 6.45) is 2.06. The molecule has 3 rings (SSSR count). The third-order valence-corrected chi connectivity index (χ3v) is 3.59. The van der Waals surface area contributed by atoms with Gasteiger partial charge in [-0.3, -0.25) is 14.4 Å². The molecule has 1 aromatic heterocycles. The third kappa shape index (κ3) is 4.06. The normalized spacial score (nSPS) is 10.6. The van der Waals surface area contributed by atoms with Crippen LogP contribution in [0.2, 0.25) is 0 Å². The van der Waals surface area contributed by atoms with E-state index >= 15 is 0 Å². The van der Waals surface area contributed by atoms with E-state index in [0.717, 1.165) is 16.6 Å². The first-order chi connectivity index (χ1) is 11.8. The van der Waals surface area contributed by atoms with Gasteiger partial charge in [-0.15, -0.1) is 0 Å². The van der Waals surface area contributed by atoms with Gasteiger partial charge in [0.05, 0.1) is 5.69 Å². The maximum Gasteiger partial charge on any atom is 0.303 e. The van der Waals surface area contributed by atoms with Crippen LogP contribution < -0.4 is 21.5 Å². The molecule has 2 aromatic carbocycles. The molecule has 7 heteroatoms. The second kappa shape index (κ2) is 7.65. The maximum absolute atomic E-state index is 11.5. The Morgan fingerprint density at radius 2 is 1.80 bits per heavy atom. The van der Waals surface area contributed by atoms with Gasteiger partial charge in [0.25, 0.3) is 10.9 Å². The van der Waals surface area contributed by atoms with Gasteiger partial charge >= 0.3 is 5.97 Å². The van der Waals surface area contributed by atoms with E-state index in [2.05, 4.69) is 15.6 Å². The number of para-hydroxylation sites is 1. The molecule has 0 saturated heterocycles. The Kier molecular flexibility index (Phi) is 5.59. The highest BCUT2D eigenvalue weighted by atomic mass is 16.4. The second-order valence-corrected chi connectivity index (χ2v) is 6.02. The quantitative estimate of drug-likeness (QED) is 0.530. The van der Waals surface area contributed by atoms with Gasteiger partial charge < -0.3 is 20.7 Å². The van der Waals surface area contributed by atoms with Crippen LogP contribution in [0.25, 0.3) is 10.9 Å². The summed E-state index contributed by atoms with van der Waals surface area (Å²) in [6.45, 7) is 3.77. The second-order valence-electron chi connectivity index (χ2n) is 6.02. The topological polar surface area (TPSA) is 111 Å². The summed E-state index contributed by atoms with van der Waals surface area (Å²) < 4.78 is 0. The van der Waals surface area contributed by atoms with E-state index in [0.29, 0.717) is 11.4 Å². The molecule has 0 amide bonds. The molecule has 132 valence electrons. The summed E-state index contributed by atoms with van der Waals surface area (Å²) in [5, 5.41) is 14.8. The molecule has 0 saturated carbocycles. The number of H-pyrrole nitrogens is 1. The summed E-state index contributed by atoms with van der Waals surface area (Å²) in [5.74, 6) is -0.438. The highest BCUT2D eigenvalue weighted by Gasteiger charge is 2.20. The zero-order valence-corrected chi connectivity index (χ0v) is 14.3. The van der Waals surface area contributed by atoms with E-state index in [1.807, 2.05) is 38.1 Å². The summed E-state index contributed by atoms with van der Waals surface area (Å²) in [6, 6.07) is 7.74. The molecule has 0 radical (unpaired) electrons. The number of hydrogen-bond acceptors (Lipinski definition) is 5. The van der Waals surface area contributed by atoms with Gasteiger partial charge in [-0.2, -0.15) is 0 Å². The Labute approximate surface area is 144 Å². The summed E-state index contributed by atoms with van der Waals surface area (Å²) in [4.78, 5) is 35.7. The van der Waals surface area contributed by atoms with Crippen LogP contribution in [0.5, 0.6) is 0 Å². The minimum absolute atomic E-state index is 0.275. The van der Waals surface area contributed by atoms with Gasteiger partial charge in [0.15, 0.2) is 0 Å². The number of anilines is 3. The number of carboxylic acid groups (broad SMARTS) is 1. The van der Waals surface area contributed by atoms with E-state index < -0.39 is 16.8 Å². The van der Waals surface area contributed by atoms with Crippen LogP contribution in [-0.2, 0) is 4.79 Å². The van der Waals surface area contributed by atoms with Crippen molar-refractivity contribution in [1.82, 2.24) is 4.98 Å². The molecule has 0 unspecified atom stereocenters. The lowest BCUT2D eigenvalue weighted by Crippen LogP contribution is -2.35. The first-order valence-electron chi connectivity index (χ1n) is 7.91. The Hall–Kier alpha value is -3.09. The molecule has 0 spiro atoms. The summed E-state index contributed by atoms with van der Waals surface area (Å²) in [5.41, 5.74) is 1.47. The Morgan fingerprint density at radius 3 is 2.36 bits per heavy atom. The van der Waals surface area contributed by atoms with Crippen molar-refractivity contribution in [1.29, 1.82) is 0 Å². The van der Waals surface area contributed by atoms with Crippen LogP contribution in [-0.4, -0.2) is 23.1 Å². The highest BCUT2D eigenvalue weighted by molar-refractivity contribution is 5.95. The van der Waals surface area contributed by atoms with E-state index in [4.69, 9.17) is 5.11 Å². The molecule has 0 aliphatic heterocycles. The van der Waals surface area contributed by atoms with E-state index in [-0.39, 0.29) is 12.3 Å². The van der Waals surface area contributed by atoms with Gasteiger partial charge in [-0.25, -0.2) is 0 Å². The minimum atomic E-state index is -0.713. The predicted octanol–water partition coefficient (Wildman–Crippen LogP) is 2.67. The van der Waals surface area contributed by atoms with Gasteiger partial charge in [0, 0.05) is 30.6 Å². The van der Waals surface area contributed by atoms with Crippen molar-refractivity contribution in [3.05, 3.63) is 50.9 Å². The fourth-order valence-corrected chi connectivity index (χ4v) is 2.41. The number of benzene rings is 1. The zero-order chi connectivity index (χ0) is 18.6. The monoisotopic (exact) mass is 343 g/mol. The van der Waals surface area contributed by atoms with Gasteiger partial charge in [-0.1, -0.05) is 32.0 Å². The van der Waals surface area contributed by atoms with Gasteiger partial charge in [-0.05, 0) is 12.0 Å². The van der Waals surface area contributed by atoms with E-state index in [1.165, 1.54) is 0 Å². The van der Waals surface area contributed by atoms with Crippen LogP contribution in [0, 0.1) is 5.92 Å². The van der Waals surface area contributed by atoms with Gasteiger partial charge in [0.2, 0.25) is 0 Å². The number of hydrogen-bond donors (Lipinski definition) is 4. The number of rotatable bonds is 5. The number of carboxylic acids is 1. The van der Waals surface area contributed by atoms with Crippen LogP contribution in [0.1, 0.15) is 20.3 Å². The molecule has 0 atom stereocenters. The largest absolute Gasteiger partial charge is 0.481 e. The standard InChI is InChI=1S/C13H11N3O2.C5H10O2/c1-14-10-11(13(18)12(10)17)16-9-6-15-8-5-3-2-4-7(8)9;1-4(2)3-5(6)7/h2-6,14-16H,1H3;4H,3H2,1-2H3,(H,6,7). The first kappa shape index (κ1) is 18.3. The molecule has 0 aliphatic rings. The number of fused-ring (bicyclic) bond motifs is 1. The number of aromatic amines is 1. The Bertz CT molecular complexity index is 949. The van der Waals surface area contributed by atoms with Crippen molar-refractivity contribution in [2.75, 3.05) is 17.7 Å². The van der Waals surface area contributed by atoms with Crippen molar-refractivity contribution in [2.45, 2.75) is 20.3 Å². The Morgan fingerprint density at radius 1 is 1.16 bits per heavy atom. The van der Waals surface area contributed by atoms with Crippen LogP contribution in [0.4, 0.5) is 17.1 Å². The molecule has 4 N–H and O–H groups in total. The first-order valence-corrected chi connectivity index (χ1v) is 7.91. The molecule has 7 nitrogen and oxygen atoms in total. The number of nitrogens with one attached hydrogen (secondary N) is 3. The van der Waals surface area contributed by atoms with Crippen LogP contribution in [0.15, 0.2) is 40.1 Å². The number of aromatic nitrogens is 1. The lowest BCUT2D eigenvalue weighted by atomic mass is 10.1. The van der Waals surface area contributed by atoms with E-state index in [1.54, 1.807) is 13.2 Å². The average molecular weight is 343 g/mol. The van der Waals surface area contributed by atoms with Crippen molar-refractivity contribution < 1.29 is 9.90 Å². The lowest BCUT2D eigenvalue weighted by molar-refractivity contribution is -0.137. The number of aliphatic carboxylic acids is 1. The molecular weight excluding hydrogens is 322 g/mol. The van der Waals surface area contributed by atoms with Crippen LogP contribution in [0.3, 0.4) is 0 Å². The molecular formula is C18H21N3O4. The fraction of sp³-hybridized carbons (Fsp3) is 0.278. The third-order valence-electron chi connectivity index (χ3n) is 3.59. The highest BCUT2D eigenvalue weighted by Crippen LogP contribution is 2.27. The lowest BCUT2D eigenvalue weighted by Gasteiger charge is -2.11. The number of carbonyl (C=O) groups is 1. The zero-order valence-electron chi connectivity index (χ0n) is 14.3. The van der Waals surface area contributed by atoms with Crippen molar-refractivity contribution in [3.63, 3.8) is 0 Å². The average Bonchev–Trinajstić information content (AvgIpc) is 2.97. The maximum atomic E-state index is 11.5. The molecule has 0 bridgehead atoms. The molecule has 25 heavy (non-hydrogen) atoms. The Balaban J connectivity index is 0.000000277. The SMILES string of the molecule is CC(C)CC(=O)O.CNc1c(Nc2c[nH]c3ccccc23)c(=O)c1=O. The van der Waals surface area contributed by atoms with E-state index in [9.17, 15) is 14.4 Å². The molecule has 0 aliphatic carbocycles. The predicted molar refractivity (Wildman–Crippen MR) is 99.6 cm³/mol. The minimum Gasteiger partial charge on any atom is -0.481 e. The molecule has 0 fully saturated rings. The van der Waals surface area contributed by atoms with Gasteiger partial charge in [0.1, 0.15) is 11.4 Å². The van der Waals surface area contributed by atoms with Crippen molar-refractivity contribution in [2.24, 2.45) is 5.92 Å². The van der Waals surface area contributed by atoms with Crippen molar-refractivity contribution in [3.8, 4) is 0 Å². The van der Waals surface area contributed by atoms with Crippen LogP contribution >= 0.6 is 0 Å². The fourth-order valence-electron chi connectivity index (χ4n) is 2.41. The smallest absolute Gasteiger partial charge is 0.303 e. The van der Waals surface area contributed by atoms with Crippen molar-refractivity contribution >= 4 is 33.9 Å². The molecule has 3 aromatic rings.